The summed E-state index contributed by atoms with van der Waals surface area (Å²) in [5, 5.41) is 80.0. The van der Waals surface area contributed by atoms with Gasteiger partial charge in [-0.05, 0) is 60.8 Å². The van der Waals surface area contributed by atoms with Crippen LogP contribution in [-0.4, -0.2) is 78.0 Å². The molecule has 5 aromatic carbocycles. The van der Waals surface area contributed by atoms with Crippen LogP contribution in [0.5, 0.6) is 17.2 Å². The first kappa shape index (κ1) is 54.4. The third kappa shape index (κ3) is 17.5. The fourth-order valence-electron chi connectivity index (χ4n) is 6.64. The van der Waals surface area contributed by atoms with E-state index >= 15 is 0 Å². The van der Waals surface area contributed by atoms with Crippen molar-refractivity contribution in [3.05, 3.63) is 134 Å². The number of phenolic OH excluding ortho intramolecular Hbond substituents is 3. The van der Waals surface area contributed by atoms with E-state index in [1.807, 2.05) is 30.3 Å². The number of hydrogen-bond acceptors (Lipinski definition) is 14. The SMILES string of the molecule is CCCCCCCCCCCCN(CCO)CCO.Cc1nn(-c2ccccc2)c(=O)[c-]1N=Nc1ccc([N+](=O)[O-])cc1O.Oc1ccc(Cl)cc1N=Nc1c(O)ccc2ccccc12.[Cr].[H+]. The Hall–Kier alpha value is -5.93. The average Bonchev–Trinajstić information content (AvgIpc) is 3.59. The second-order valence-corrected chi connectivity index (χ2v) is 15.5. The van der Waals surface area contributed by atoms with E-state index in [1.54, 1.807) is 49.4 Å². The zero-order valence-corrected chi connectivity index (χ0v) is 39.3. The van der Waals surface area contributed by atoms with Crippen molar-refractivity contribution in [1.82, 2.24) is 14.7 Å². The Balaban J connectivity index is 0.000000344. The molecule has 6 rings (SSSR count). The first-order chi connectivity index (χ1) is 31.5. The molecular weight excluding hydrogens is 904 g/mol. The van der Waals surface area contributed by atoms with Gasteiger partial charge in [-0.25, -0.2) is 9.78 Å². The predicted molar refractivity (Wildman–Crippen MR) is 256 cm³/mol. The van der Waals surface area contributed by atoms with Gasteiger partial charge in [0, 0.05) is 46.9 Å². The van der Waals surface area contributed by atoms with E-state index in [-0.39, 0.29) is 66.3 Å². The van der Waals surface area contributed by atoms with Crippen LogP contribution in [0.2, 0.25) is 5.02 Å². The topological polar surface area (TPSA) is 232 Å². The van der Waals surface area contributed by atoms with Crippen LogP contribution in [0.25, 0.3) is 16.5 Å². The van der Waals surface area contributed by atoms with Crippen molar-refractivity contribution in [1.29, 1.82) is 0 Å². The molecule has 0 aliphatic heterocycles. The molecule has 0 radical (unpaired) electrons. The van der Waals surface area contributed by atoms with Crippen LogP contribution in [0.4, 0.5) is 28.4 Å². The van der Waals surface area contributed by atoms with Gasteiger partial charge in [0.1, 0.15) is 39.9 Å². The van der Waals surface area contributed by atoms with Gasteiger partial charge in [-0.1, -0.05) is 137 Å². The molecule has 0 fully saturated rings. The molecular formula is C48H59ClCrN8O8. The largest absolute Gasteiger partial charge is 1.00 e. The van der Waals surface area contributed by atoms with E-state index in [0.717, 1.165) is 23.4 Å². The summed E-state index contributed by atoms with van der Waals surface area (Å²) in [5.41, 5.74) is 0.887. The van der Waals surface area contributed by atoms with Crippen LogP contribution in [0.15, 0.2) is 128 Å². The maximum absolute atomic E-state index is 12.4. The maximum Gasteiger partial charge on any atom is 1.00 e. The Morgan fingerprint density at radius 2 is 1.35 bits per heavy atom. The van der Waals surface area contributed by atoms with Crippen LogP contribution in [0, 0.1) is 17.0 Å². The second kappa shape index (κ2) is 29.6. The minimum atomic E-state index is -0.634. The smallest absolute Gasteiger partial charge is 0.506 e. The van der Waals surface area contributed by atoms with Gasteiger partial charge >= 0.3 is 1.43 Å². The third-order valence-corrected chi connectivity index (χ3v) is 10.4. The van der Waals surface area contributed by atoms with E-state index < -0.39 is 16.2 Å². The van der Waals surface area contributed by atoms with E-state index in [2.05, 4.69) is 37.4 Å². The zero-order chi connectivity index (χ0) is 47.0. The number of aromatic hydroxyl groups is 3. The fourth-order valence-corrected chi connectivity index (χ4v) is 6.81. The Labute approximate surface area is 401 Å². The van der Waals surface area contributed by atoms with Gasteiger partial charge in [0.05, 0.1) is 29.9 Å². The molecule has 18 heteroatoms. The van der Waals surface area contributed by atoms with E-state index in [9.17, 15) is 30.2 Å². The molecule has 66 heavy (non-hydrogen) atoms. The number of phenols is 3. The molecule has 0 aliphatic carbocycles. The number of hydrogen-bond donors (Lipinski definition) is 5. The summed E-state index contributed by atoms with van der Waals surface area (Å²) in [6.45, 7) is 6.66. The van der Waals surface area contributed by atoms with E-state index in [4.69, 9.17) is 21.8 Å². The number of para-hydroxylation sites is 1. The number of aromatic nitrogens is 2. The van der Waals surface area contributed by atoms with E-state index in [1.165, 1.54) is 93.2 Å². The average molecular weight is 963 g/mol. The predicted octanol–water partition coefficient (Wildman–Crippen LogP) is 11.9. The van der Waals surface area contributed by atoms with Crippen LogP contribution >= 0.6 is 11.6 Å². The first-order valence-corrected chi connectivity index (χ1v) is 22.1. The number of azo groups is 2. The number of fused-ring (bicyclic) bond motifs is 1. The number of aliphatic hydroxyl groups excluding tert-OH is 2. The summed E-state index contributed by atoms with van der Waals surface area (Å²) in [4.78, 5) is 24.6. The summed E-state index contributed by atoms with van der Waals surface area (Å²) in [6, 6.07) is 27.7. The van der Waals surface area contributed by atoms with E-state index in [0.29, 0.717) is 35.2 Å². The van der Waals surface area contributed by atoms with Gasteiger partial charge in [-0.15, -0.1) is 15.9 Å². The molecule has 0 atom stereocenters. The molecule has 5 N–H and O–H groups in total. The number of rotatable bonds is 21. The fraction of sp³-hybridized carbons (Fsp3) is 0.354. The number of aliphatic hydroxyl groups is 2. The van der Waals surface area contributed by atoms with Crippen molar-refractivity contribution in [2.45, 2.75) is 78.1 Å². The molecule has 0 amide bonds. The van der Waals surface area contributed by atoms with Crippen molar-refractivity contribution in [2.75, 3.05) is 32.8 Å². The number of aryl methyl sites for hydroxylation is 1. The number of benzene rings is 5. The second-order valence-electron chi connectivity index (χ2n) is 15.1. The molecule has 1 heterocycles. The minimum absolute atomic E-state index is 0. The normalized spacial score (nSPS) is 11.1. The third-order valence-electron chi connectivity index (χ3n) is 10.2. The molecule has 0 unspecified atom stereocenters. The Morgan fingerprint density at radius 1 is 0.727 bits per heavy atom. The molecule has 0 saturated heterocycles. The molecule has 6 aromatic rings. The Kier molecular flexibility index (Phi) is 24.4. The standard InChI is InChI=1S/C16H11ClN2O2.C16H12N5O4.C16H35NO2.Cr/c17-11-6-8-14(20)13(9-11)18-19-16-12-4-2-1-3-10(12)5-7-15(16)21;1-10-15(16(23)20(19-10)11-5-3-2-4-6-11)18-17-13-8-7-12(21(24)25)9-14(13)22;1-2-3-4-5-6-7-8-9-10-11-12-17(13-15-18)14-16-19;/h1-9,20-21H;2-9,22H,1H3;18-19H,2-16H2,1H3;/q;-1;;/p+1. The van der Waals surface area contributed by atoms with Gasteiger partial charge in [-0.3, -0.25) is 15.0 Å². The minimum Gasteiger partial charge on any atom is -0.506 e. The molecule has 0 spiro atoms. The Bertz CT molecular complexity index is 2520. The summed E-state index contributed by atoms with van der Waals surface area (Å²) < 4.78 is 1.21. The monoisotopic (exact) mass is 962 g/mol. The number of unbranched alkanes of at least 4 members (excludes halogenated alkanes) is 9. The molecule has 0 aliphatic rings. The summed E-state index contributed by atoms with van der Waals surface area (Å²) in [5.74, 6) is -0.402. The van der Waals surface area contributed by atoms with Crippen molar-refractivity contribution in [3.8, 4) is 22.9 Å². The number of nitrogens with zero attached hydrogens (tertiary/aromatic N) is 8. The summed E-state index contributed by atoms with van der Waals surface area (Å²) in [6.07, 6.45) is 13.5. The maximum atomic E-state index is 12.4. The molecule has 0 saturated carbocycles. The molecule has 1 aromatic heterocycles. The summed E-state index contributed by atoms with van der Waals surface area (Å²) in [7, 11) is 0. The van der Waals surface area contributed by atoms with Crippen molar-refractivity contribution < 1.29 is 49.2 Å². The van der Waals surface area contributed by atoms with Gasteiger partial charge in [0.15, 0.2) is 0 Å². The number of nitro benzene ring substituents is 1. The van der Waals surface area contributed by atoms with Crippen molar-refractivity contribution in [3.63, 3.8) is 0 Å². The van der Waals surface area contributed by atoms with Crippen LogP contribution in [-0.2, 0) is 17.4 Å². The Morgan fingerprint density at radius 3 is 1.98 bits per heavy atom. The quantitative estimate of drug-likeness (QED) is 0.0150. The number of halogens is 1. The van der Waals surface area contributed by atoms with Gasteiger partial charge in [0.25, 0.3) is 5.69 Å². The number of non-ortho nitro benzene ring substituents is 1. The summed E-state index contributed by atoms with van der Waals surface area (Å²) >= 11 is 5.86. The molecule has 16 nitrogen and oxygen atoms in total. The van der Waals surface area contributed by atoms with Gasteiger partial charge in [0.2, 0.25) is 0 Å². The van der Waals surface area contributed by atoms with Crippen molar-refractivity contribution >= 4 is 50.8 Å². The van der Waals surface area contributed by atoms with Gasteiger partial charge < -0.3 is 35.4 Å². The van der Waals surface area contributed by atoms with Crippen LogP contribution in [0.1, 0.15) is 78.3 Å². The van der Waals surface area contributed by atoms with Crippen LogP contribution < -0.4 is 5.56 Å². The van der Waals surface area contributed by atoms with Gasteiger partial charge in [-0.2, -0.15) is 5.11 Å². The van der Waals surface area contributed by atoms with Crippen LogP contribution in [0.3, 0.4) is 0 Å². The van der Waals surface area contributed by atoms with Crippen molar-refractivity contribution in [2.24, 2.45) is 20.5 Å². The molecule has 352 valence electrons. The number of nitro groups is 1. The molecule has 0 bridgehead atoms. The first-order valence-electron chi connectivity index (χ1n) is 21.7. The zero-order valence-electron chi connectivity index (χ0n) is 38.2.